The van der Waals surface area contributed by atoms with Crippen LogP contribution in [0.4, 0.5) is 0 Å². The van der Waals surface area contributed by atoms with E-state index in [-0.39, 0.29) is 5.54 Å². The SMILES string of the molecule is CCCNC(C)(C#N)CCCN(C)CC(C)C. The van der Waals surface area contributed by atoms with Gasteiger partial charge in [0.2, 0.25) is 0 Å². The summed E-state index contributed by atoms with van der Waals surface area (Å²) in [7, 11) is 2.16. The molecule has 0 saturated carbocycles. The normalized spacial score (nSPS) is 14.9. The highest BCUT2D eigenvalue weighted by Gasteiger charge is 2.21. The van der Waals surface area contributed by atoms with Crippen LogP contribution in [0.2, 0.25) is 0 Å². The summed E-state index contributed by atoms with van der Waals surface area (Å²) in [6, 6.07) is 2.40. The Labute approximate surface area is 107 Å². The maximum absolute atomic E-state index is 9.20. The van der Waals surface area contributed by atoms with E-state index in [1.54, 1.807) is 0 Å². The van der Waals surface area contributed by atoms with Gasteiger partial charge in [-0.2, -0.15) is 5.26 Å². The smallest absolute Gasteiger partial charge is 0.103 e. The number of hydrogen-bond donors (Lipinski definition) is 1. The van der Waals surface area contributed by atoms with E-state index in [0.29, 0.717) is 5.92 Å². The quantitative estimate of drug-likeness (QED) is 0.672. The van der Waals surface area contributed by atoms with Crippen LogP contribution < -0.4 is 5.32 Å². The van der Waals surface area contributed by atoms with Crippen molar-refractivity contribution in [3.8, 4) is 6.07 Å². The van der Waals surface area contributed by atoms with Crippen LogP contribution in [-0.2, 0) is 0 Å². The summed E-state index contributed by atoms with van der Waals surface area (Å²) in [4.78, 5) is 2.35. The first-order valence-corrected chi connectivity index (χ1v) is 6.78. The first kappa shape index (κ1) is 16.4. The Hall–Kier alpha value is -0.590. The Bertz CT molecular complexity index is 232. The van der Waals surface area contributed by atoms with Gasteiger partial charge in [0.15, 0.2) is 0 Å². The van der Waals surface area contributed by atoms with Crippen molar-refractivity contribution in [2.24, 2.45) is 5.92 Å². The second-order valence-corrected chi connectivity index (χ2v) is 5.63. The molecule has 0 aromatic rings. The number of rotatable bonds is 9. The molecule has 1 atom stereocenters. The maximum atomic E-state index is 9.20. The van der Waals surface area contributed by atoms with E-state index in [2.05, 4.69) is 44.1 Å². The Morgan fingerprint density at radius 2 is 2.06 bits per heavy atom. The molecule has 1 unspecified atom stereocenters. The largest absolute Gasteiger partial charge is 0.306 e. The highest BCUT2D eigenvalue weighted by atomic mass is 15.1. The minimum atomic E-state index is -0.352. The van der Waals surface area contributed by atoms with E-state index in [1.165, 1.54) is 0 Å². The fraction of sp³-hybridized carbons (Fsp3) is 0.929. The second-order valence-electron chi connectivity index (χ2n) is 5.63. The third kappa shape index (κ3) is 8.18. The van der Waals surface area contributed by atoms with Gasteiger partial charge in [0.25, 0.3) is 0 Å². The standard InChI is InChI=1S/C14H29N3/c1-6-9-16-14(4,12-15)8-7-10-17(5)11-13(2)3/h13,16H,6-11H2,1-5H3. The topological polar surface area (TPSA) is 39.1 Å². The van der Waals surface area contributed by atoms with Crippen LogP contribution in [0.5, 0.6) is 0 Å². The molecule has 0 aromatic heterocycles. The Balaban J connectivity index is 3.87. The molecule has 0 aliphatic carbocycles. The third-order valence-corrected chi connectivity index (χ3v) is 2.91. The summed E-state index contributed by atoms with van der Waals surface area (Å²) >= 11 is 0. The van der Waals surface area contributed by atoms with Crippen molar-refractivity contribution < 1.29 is 0 Å². The average Bonchev–Trinajstić information content (AvgIpc) is 2.25. The number of nitrogens with one attached hydrogen (secondary N) is 1. The van der Waals surface area contributed by atoms with Crippen molar-refractivity contribution in [1.29, 1.82) is 5.26 Å². The zero-order valence-electron chi connectivity index (χ0n) is 12.2. The summed E-state index contributed by atoms with van der Waals surface area (Å²) in [6.07, 6.45) is 3.07. The van der Waals surface area contributed by atoms with Gasteiger partial charge in [-0.25, -0.2) is 0 Å². The summed E-state index contributed by atoms with van der Waals surface area (Å²) in [5.41, 5.74) is -0.352. The highest BCUT2D eigenvalue weighted by molar-refractivity contribution is 5.03. The molecule has 100 valence electrons. The van der Waals surface area contributed by atoms with Crippen LogP contribution in [0.15, 0.2) is 0 Å². The molecule has 0 aliphatic rings. The molecule has 0 spiro atoms. The van der Waals surface area contributed by atoms with Crippen molar-refractivity contribution >= 4 is 0 Å². The molecular weight excluding hydrogens is 210 g/mol. The predicted molar refractivity (Wildman–Crippen MR) is 73.9 cm³/mol. The van der Waals surface area contributed by atoms with Crippen molar-refractivity contribution in [1.82, 2.24) is 10.2 Å². The zero-order valence-corrected chi connectivity index (χ0v) is 12.2. The minimum absolute atomic E-state index is 0.352. The molecule has 17 heavy (non-hydrogen) atoms. The van der Waals surface area contributed by atoms with E-state index in [0.717, 1.165) is 38.9 Å². The molecule has 3 nitrogen and oxygen atoms in total. The second kappa shape index (κ2) is 8.49. The highest BCUT2D eigenvalue weighted by Crippen LogP contribution is 2.12. The fourth-order valence-electron chi connectivity index (χ4n) is 2.00. The molecule has 0 heterocycles. The molecule has 0 bridgehead atoms. The molecule has 0 saturated heterocycles. The van der Waals surface area contributed by atoms with Crippen LogP contribution in [-0.4, -0.2) is 37.1 Å². The van der Waals surface area contributed by atoms with Gasteiger partial charge in [-0.3, -0.25) is 5.32 Å². The van der Waals surface area contributed by atoms with E-state index >= 15 is 0 Å². The lowest BCUT2D eigenvalue weighted by molar-refractivity contribution is 0.276. The van der Waals surface area contributed by atoms with Crippen molar-refractivity contribution in [2.75, 3.05) is 26.7 Å². The van der Waals surface area contributed by atoms with Gasteiger partial charge in [0.05, 0.1) is 6.07 Å². The lowest BCUT2D eigenvalue weighted by Crippen LogP contribution is -2.42. The summed E-state index contributed by atoms with van der Waals surface area (Å²) in [5.74, 6) is 0.709. The summed E-state index contributed by atoms with van der Waals surface area (Å²) < 4.78 is 0. The Morgan fingerprint density at radius 1 is 1.41 bits per heavy atom. The molecule has 1 N–H and O–H groups in total. The van der Waals surface area contributed by atoms with Crippen molar-refractivity contribution in [3.05, 3.63) is 0 Å². The van der Waals surface area contributed by atoms with Gasteiger partial charge in [0, 0.05) is 6.54 Å². The van der Waals surface area contributed by atoms with Gasteiger partial charge in [-0.15, -0.1) is 0 Å². The van der Waals surface area contributed by atoms with Crippen LogP contribution in [0.1, 0.15) is 47.0 Å². The predicted octanol–water partition coefficient (Wildman–Crippen LogP) is 2.64. The summed E-state index contributed by atoms with van der Waals surface area (Å²) in [5, 5.41) is 12.5. The lowest BCUT2D eigenvalue weighted by atomic mass is 9.97. The molecule has 0 aliphatic heterocycles. The van der Waals surface area contributed by atoms with E-state index in [4.69, 9.17) is 0 Å². The maximum Gasteiger partial charge on any atom is 0.103 e. The van der Waals surface area contributed by atoms with E-state index < -0.39 is 0 Å². The van der Waals surface area contributed by atoms with Crippen LogP contribution in [0, 0.1) is 17.2 Å². The fourth-order valence-corrected chi connectivity index (χ4v) is 2.00. The number of nitriles is 1. The molecule has 0 radical (unpaired) electrons. The van der Waals surface area contributed by atoms with Crippen molar-refractivity contribution in [3.63, 3.8) is 0 Å². The van der Waals surface area contributed by atoms with Crippen LogP contribution in [0.3, 0.4) is 0 Å². The van der Waals surface area contributed by atoms with Gasteiger partial charge in [0.1, 0.15) is 5.54 Å². The minimum Gasteiger partial charge on any atom is -0.306 e. The molecule has 0 amide bonds. The molecule has 0 fully saturated rings. The number of nitrogens with zero attached hydrogens (tertiary/aromatic N) is 2. The first-order valence-electron chi connectivity index (χ1n) is 6.78. The Kier molecular flexibility index (Phi) is 8.20. The van der Waals surface area contributed by atoms with Gasteiger partial charge in [-0.05, 0) is 52.2 Å². The van der Waals surface area contributed by atoms with Gasteiger partial charge < -0.3 is 4.90 Å². The molecule has 0 aromatic carbocycles. The monoisotopic (exact) mass is 239 g/mol. The van der Waals surface area contributed by atoms with Crippen LogP contribution in [0.25, 0.3) is 0 Å². The van der Waals surface area contributed by atoms with Crippen LogP contribution >= 0.6 is 0 Å². The number of hydrogen-bond acceptors (Lipinski definition) is 3. The van der Waals surface area contributed by atoms with E-state index in [1.807, 2.05) is 6.92 Å². The Morgan fingerprint density at radius 3 is 2.53 bits per heavy atom. The van der Waals surface area contributed by atoms with Gasteiger partial charge in [-0.1, -0.05) is 20.8 Å². The lowest BCUT2D eigenvalue weighted by Gasteiger charge is -2.25. The van der Waals surface area contributed by atoms with Gasteiger partial charge >= 0.3 is 0 Å². The van der Waals surface area contributed by atoms with Crippen molar-refractivity contribution in [2.45, 2.75) is 52.5 Å². The first-order chi connectivity index (χ1) is 7.93. The molecular formula is C14H29N3. The zero-order chi connectivity index (χ0) is 13.3. The summed E-state index contributed by atoms with van der Waals surface area (Å²) in [6.45, 7) is 11.7. The molecule has 3 heteroatoms. The van der Waals surface area contributed by atoms with E-state index in [9.17, 15) is 5.26 Å². The molecule has 0 rings (SSSR count). The average molecular weight is 239 g/mol. The third-order valence-electron chi connectivity index (χ3n) is 2.91.